The van der Waals surface area contributed by atoms with Crippen molar-refractivity contribution in [1.82, 2.24) is 5.32 Å². The number of aliphatic hydroxyl groups is 1. The quantitative estimate of drug-likeness (QED) is 0.627. The minimum atomic E-state index is -0.162. The van der Waals surface area contributed by atoms with Gasteiger partial charge < -0.3 is 10.4 Å². The summed E-state index contributed by atoms with van der Waals surface area (Å²) < 4.78 is 0. The van der Waals surface area contributed by atoms with Gasteiger partial charge >= 0.3 is 0 Å². The first-order valence-corrected chi connectivity index (χ1v) is 8.51. The van der Waals surface area contributed by atoms with Crippen LogP contribution < -0.4 is 5.32 Å². The highest BCUT2D eigenvalue weighted by Crippen LogP contribution is 2.27. The summed E-state index contributed by atoms with van der Waals surface area (Å²) in [5.41, 5.74) is 0.593. The molecule has 0 bridgehead atoms. The molecule has 1 fully saturated rings. The largest absolute Gasteiger partial charge is 0.393 e. The lowest BCUT2D eigenvalue weighted by atomic mass is 9.83. The Morgan fingerprint density at radius 2 is 2.14 bits per heavy atom. The molecule has 1 aliphatic carbocycles. The molecule has 0 radical (unpaired) electrons. The first kappa shape index (κ1) is 16.2. The Morgan fingerprint density at radius 3 is 2.81 bits per heavy atom. The molecule has 0 spiro atoms. The van der Waals surface area contributed by atoms with Crippen LogP contribution in [0.5, 0.6) is 0 Å². The number of thiophene rings is 1. The number of amides is 1. The van der Waals surface area contributed by atoms with Gasteiger partial charge in [0.2, 0.25) is 0 Å². The highest BCUT2D eigenvalue weighted by Gasteiger charge is 2.22. The molecule has 2 rings (SSSR count). The van der Waals surface area contributed by atoms with E-state index in [0.717, 1.165) is 32.1 Å². The Balaban J connectivity index is 1.70. The Hall–Kier alpha value is -1.20. The van der Waals surface area contributed by atoms with Gasteiger partial charge in [0.25, 0.3) is 5.91 Å². The van der Waals surface area contributed by atoms with Crippen molar-refractivity contribution in [2.45, 2.75) is 51.6 Å². The number of hydrogen-bond acceptors (Lipinski definition) is 4. The van der Waals surface area contributed by atoms with E-state index in [4.69, 9.17) is 0 Å². The van der Waals surface area contributed by atoms with E-state index in [0.29, 0.717) is 22.9 Å². The number of rotatable bonds is 6. The zero-order chi connectivity index (χ0) is 15.2. The molecule has 2 unspecified atom stereocenters. The monoisotopic (exact) mass is 309 g/mol. The number of Topliss-reactive ketones (excluding diaryl/α,β-unsaturated/α-hetero) is 1. The third-order valence-corrected chi connectivity index (χ3v) is 5.06. The van der Waals surface area contributed by atoms with Crippen molar-refractivity contribution in [3.63, 3.8) is 0 Å². The van der Waals surface area contributed by atoms with Gasteiger partial charge in [0, 0.05) is 17.5 Å². The number of ketones is 1. The second-order valence-corrected chi connectivity index (χ2v) is 6.68. The highest BCUT2D eigenvalue weighted by atomic mass is 32.1. The molecule has 0 aliphatic heterocycles. The molecular formula is C16H23NO3S. The maximum atomic E-state index is 11.9. The van der Waals surface area contributed by atoms with Crippen LogP contribution in [0.1, 0.15) is 65.5 Å². The van der Waals surface area contributed by atoms with Crippen LogP contribution in [-0.4, -0.2) is 29.4 Å². The molecule has 1 aromatic heterocycles. The van der Waals surface area contributed by atoms with Crippen LogP contribution in [0.2, 0.25) is 0 Å². The minimum Gasteiger partial charge on any atom is -0.393 e. The fourth-order valence-electron chi connectivity index (χ4n) is 2.82. The van der Waals surface area contributed by atoms with Crippen LogP contribution in [0.25, 0.3) is 0 Å². The number of hydrogen-bond donors (Lipinski definition) is 2. The lowest BCUT2D eigenvalue weighted by Gasteiger charge is -2.27. The van der Waals surface area contributed by atoms with E-state index >= 15 is 0 Å². The van der Waals surface area contributed by atoms with Crippen LogP contribution in [0.15, 0.2) is 11.4 Å². The molecule has 2 N–H and O–H groups in total. The summed E-state index contributed by atoms with van der Waals surface area (Å²) in [4.78, 5) is 23.7. The normalized spacial score (nSPS) is 22.0. The predicted octanol–water partition coefficient (Wildman–Crippen LogP) is 3.01. The molecule has 4 nitrogen and oxygen atoms in total. The van der Waals surface area contributed by atoms with Crippen molar-refractivity contribution >= 4 is 23.0 Å². The Kier molecular flexibility index (Phi) is 5.94. The highest BCUT2D eigenvalue weighted by molar-refractivity contribution is 7.12. The van der Waals surface area contributed by atoms with E-state index in [2.05, 4.69) is 5.32 Å². The number of aliphatic hydroxyl groups excluding tert-OH is 1. The van der Waals surface area contributed by atoms with Crippen LogP contribution in [0.4, 0.5) is 0 Å². The first-order valence-electron chi connectivity index (χ1n) is 7.63. The molecule has 0 aromatic carbocycles. The van der Waals surface area contributed by atoms with Gasteiger partial charge in [-0.2, -0.15) is 0 Å². The Morgan fingerprint density at radius 1 is 1.38 bits per heavy atom. The Labute approximate surface area is 129 Å². The summed E-state index contributed by atoms with van der Waals surface area (Å²) in [6.45, 7) is 2.12. The molecule has 1 aromatic rings. The summed E-state index contributed by atoms with van der Waals surface area (Å²) in [6.07, 6.45) is 6.04. The van der Waals surface area contributed by atoms with E-state index in [1.54, 1.807) is 11.4 Å². The summed E-state index contributed by atoms with van der Waals surface area (Å²) >= 11 is 1.30. The molecule has 2 atom stereocenters. The van der Waals surface area contributed by atoms with Crippen molar-refractivity contribution in [2.75, 3.05) is 6.54 Å². The predicted molar refractivity (Wildman–Crippen MR) is 83.9 cm³/mol. The third kappa shape index (κ3) is 4.64. The molecule has 116 valence electrons. The fourth-order valence-corrected chi connectivity index (χ4v) is 3.68. The standard InChI is InChI=1S/C16H23NO3S/c1-11(18)13-9-15(21-10-13)16(20)17-8-4-6-12-5-2-3-7-14(12)19/h9-10,12,14,19H,2-8H2,1H3,(H,17,20). The van der Waals surface area contributed by atoms with Gasteiger partial charge in [-0.15, -0.1) is 11.3 Å². The van der Waals surface area contributed by atoms with Gasteiger partial charge in [-0.25, -0.2) is 0 Å². The summed E-state index contributed by atoms with van der Waals surface area (Å²) in [7, 11) is 0. The molecule has 0 saturated heterocycles. The molecule has 1 saturated carbocycles. The van der Waals surface area contributed by atoms with Crippen molar-refractivity contribution < 1.29 is 14.7 Å². The number of carbonyl (C=O) groups excluding carboxylic acids is 2. The zero-order valence-electron chi connectivity index (χ0n) is 12.4. The van der Waals surface area contributed by atoms with Crippen molar-refractivity contribution in [3.8, 4) is 0 Å². The van der Waals surface area contributed by atoms with Gasteiger partial charge in [0.15, 0.2) is 5.78 Å². The lowest BCUT2D eigenvalue weighted by molar-refractivity contribution is 0.0641. The summed E-state index contributed by atoms with van der Waals surface area (Å²) in [6, 6.07) is 1.65. The van der Waals surface area contributed by atoms with E-state index < -0.39 is 0 Å². The third-order valence-electron chi connectivity index (χ3n) is 4.14. The SMILES string of the molecule is CC(=O)c1csc(C(=O)NCCCC2CCCCC2O)c1. The van der Waals surface area contributed by atoms with Gasteiger partial charge in [0.05, 0.1) is 11.0 Å². The molecule has 5 heteroatoms. The maximum Gasteiger partial charge on any atom is 0.261 e. The van der Waals surface area contributed by atoms with Crippen molar-refractivity contribution in [3.05, 3.63) is 21.9 Å². The van der Waals surface area contributed by atoms with Gasteiger partial charge in [0.1, 0.15) is 0 Å². The minimum absolute atomic E-state index is 0.0170. The summed E-state index contributed by atoms with van der Waals surface area (Å²) in [5, 5.41) is 14.5. The molecule has 21 heavy (non-hydrogen) atoms. The Bertz CT molecular complexity index is 497. The number of carbonyl (C=O) groups is 2. The van der Waals surface area contributed by atoms with Crippen molar-refractivity contribution in [1.29, 1.82) is 0 Å². The maximum absolute atomic E-state index is 11.9. The van der Waals surface area contributed by atoms with Crippen LogP contribution in [-0.2, 0) is 0 Å². The second kappa shape index (κ2) is 7.71. The average Bonchev–Trinajstić information content (AvgIpc) is 2.95. The lowest BCUT2D eigenvalue weighted by Crippen LogP contribution is -2.27. The van der Waals surface area contributed by atoms with Gasteiger partial charge in [-0.1, -0.05) is 12.8 Å². The molecular weight excluding hydrogens is 286 g/mol. The first-order chi connectivity index (χ1) is 10.1. The smallest absolute Gasteiger partial charge is 0.261 e. The average molecular weight is 309 g/mol. The second-order valence-electron chi connectivity index (χ2n) is 5.77. The van der Waals surface area contributed by atoms with E-state index in [9.17, 15) is 14.7 Å². The van der Waals surface area contributed by atoms with Gasteiger partial charge in [-0.3, -0.25) is 9.59 Å². The molecule has 1 amide bonds. The van der Waals surface area contributed by atoms with E-state index in [1.807, 2.05) is 0 Å². The van der Waals surface area contributed by atoms with Gasteiger partial charge in [-0.05, 0) is 44.6 Å². The van der Waals surface area contributed by atoms with Crippen molar-refractivity contribution in [2.24, 2.45) is 5.92 Å². The molecule has 1 heterocycles. The van der Waals surface area contributed by atoms with E-state index in [1.165, 1.54) is 24.7 Å². The molecule has 1 aliphatic rings. The topological polar surface area (TPSA) is 66.4 Å². The van der Waals surface area contributed by atoms with E-state index in [-0.39, 0.29) is 17.8 Å². The van der Waals surface area contributed by atoms with Crippen LogP contribution in [0, 0.1) is 5.92 Å². The number of nitrogens with one attached hydrogen (secondary N) is 1. The zero-order valence-corrected chi connectivity index (χ0v) is 13.2. The summed E-state index contributed by atoms with van der Waals surface area (Å²) in [5.74, 6) is 0.259. The van der Waals surface area contributed by atoms with Crippen LogP contribution >= 0.6 is 11.3 Å². The van der Waals surface area contributed by atoms with Crippen LogP contribution in [0.3, 0.4) is 0 Å². The fraction of sp³-hybridized carbons (Fsp3) is 0.625.